The molecule has 2 aliphatic rings. The van der Waals surface area contributed by atoms with Gasteiger partial charge in [-0.2, -0.15) is 0 Å². The van der Waals surface area contributed by atoms with Gasteiger partial charge in [-0.25, -0.2) is 0 Å². The lowest BCUT2D eigenvalue weighted by molar-refractivity contribution is 0.0980. The Balaban J connectivity index is 0.000000158. The van der Waals surface area contributed by atoms with Crippen LogP contribution < -0.4 is 11.5 Å². The van der Waals surface area contributed by atoms with Gasteiger partial charge in [-0.15, -0.1) is 0 Å². The molecule has 0 saturated carbocycles. The van der Waals surface area contributed by atoms with E-state index >= 15 is 0 Å². The van der Waals surface area contributed by atoms with Gasteiger partial charge < -0.3 is 11.5 Å². The number of hydrogen-bond acceptors (Lipinski definition) is 6. The molecule has 6 heteroatoms. The van der Waals surface area contributed by atoms with Gasteiger partial charge in [-0.05, 0) is 24.3 Å². The fraction of sp³-hybridized carbons (Fsp3) is 0. The molecular weight excluding hydrogens is 380 g/mol. The highest BCUT2D eigenvalue weighted by molar-refractivity contribution is 6.30. The monoisotopic (exact) mass is 396 g/mol. The van der Waals surface area contributed by atoms with Gasteiger partial charge in [0.2, 0.25) is 0 Å². The third-order valence-electron chi connectivity index (χ3n) is 5.01. The van der Waals surface area contributed by atoms with Crippen LogP contribution in [0.25, 0.3) is 0 Å². The standard InChI is InChI=1S/C14H10N2O2.C10H6O2/c15-10-6-5-9-11(12(10)16)14(18)8-4-2-1-3-7(8)13(9)17;11-9-5-6-10(12)8-4-2-1-3-7(8)9/h1-6H,15-16H2;1-6H. The third kappa shape index (κ3) is 3.00. The molecule has 30 heavy (non-hydrogen) atoms. The van der Waals surface area contributed by atoms with Gasteiger partial charge in [0, 0.05) is 27.8 Å². The van der Waals surface area contributed by atoms with E-state index in [2.05, 4.69) is 0 Å². The van der Waals surface area contributed by atoms with E-state index in [4.69, 9.17) is 11.5 Å². The van der Waals surface area contributed by atoms with Crippen LogP contribution in [0.3, 0.4) is 0 Å². The van der Waals surface area contributed by atoms with Crippen LogP contribution in [0.1, 0.15) is 52.6 Å². The summed E-state index contributed by atoms with van der Waals surface area (Å²) in [4.78, 5) is 47.0. The quantitative estimate of drug-likeness (QED) is 0.440. The number of carbonyl (C=O) groups excluding carboxylic acids is 4. The van der Waals surface area contributed by atoms with Crippen molar-refractivity contribution in [3.05, 3.63) is 106 Å². The Morgan fingerprint density at radius 3 is 1.50 bits per heavy atom. The summed E-state index contributed by atoms with van der Waals surface area (Å²) in [6, 6.07) is 16.7. The number of carbonyl (C=O) groups is 4. The first-order valence-electron chi connectivity index (χ1n) is 9.12. The van der Waals surface area contributed by atoms with E-state index in [9.17, 15) is 19.2 Å². The number of anilines is 2. The Kier molecular flexibility index (Phi) is 4.60. The van der Waals surface area contributed by atoms with E-state index < -0.39 is 0 Å². The van der Waals surface area contributed by atoms with Crippen LogP contribution >= 0.6 is 0 Å². The molecule has 6 nitrogen and oxygen atoms in total. The van der Waals surface area contributed by atoms with Gasteiger partial charge in [0.25, 0.3) is 0 Å². The van der Waals surface area contributed by atoms with Crippen molar-refractivity contribution < 1.29 is 19.2 Å². The van der Waals surface area contributed by atoms with Gasteiger partial charge in [0.05, 0.1) is 16.9 Å². The third-order valence-corrected chi connectivity index (χ3v) is 5.01. The number of benzene rings is 3. The summed E-state index contributed by atoms with van der Waals surface area (Å²) in [6.07, 6.45) is 2.62. The number of rotatable bonds is 0. The van der Waals surface area contributed by atoms with E-state index in [1.54, 1.807) is 60.7 Å². The fourth-order valence-electron chi connectivity index (χ4n) is 3.47. The second kappa shape index (κ2) is 7.25. The average molecular weight is 396 g/mol. The second-order valence-corrected chi connectivity index (χ2v) is 6.80. The summed E-state index contributed by atoms with van der Waals surface area (Å²) in [5.41, 5.74) is 14.3. The number of fused-ring (bicyclic) bond motifs is 3. The molecule has 146 valence electrons. The Hall–Kier alpha value is -4.32. The zero-order valence-corrected chi connectivity index (χ0v) is 15.7. The minimum Gasteiger partial charge on any atom is -0.397 e. The molecule has 5 rings (SSSR count). The van der Waals surface area contributed by atoms with Crippen molar-refractivity contribution in [2.75, 3.05) is 11.5 Å². The largest absolute Gasteiger partial charge is 0.397 e. The summed E-state index contributed by atoms with van der Waals surface area (Å²) in [7, 11) is 0. The van der Waals surface area contributed by atoms with Crippen LogP contribution in [0.2, 0.25) is 0 Å². The van der Waals surface area contributed by atoms with Crippen LogP contribution in [-0.2, 0) is 0 Å². The highest BCUT2D eigenvalue weighted by atomic mass is 16.1. The molecule has 0 unspecified atom stereocenters. The second-order valence-electron chi connectivity index (χ2n) is 6.80. The lowest BCUT2D eigenvalue weighted by atomic mass is 9.83. The zero-order chi connectivity index (χ0) is 21.4. The van der Waals surface area contributed by atoms with Gasteiger partial charge in [0.15, 0.2) is 23.1 Å². The SMILES string of the molecule is Nc1ccc2c(c1N)C(=O)c1ccccc1C2=O.O=C1C=CC(=O)c2ccccc21. The van der Waals surface area contributed by atoms with Crippen LogP contribution in [0.4, 0.5) is 11.4 Å². The van der Waals surface area contributed by atoms with Crippen molar-refractivity contribution in [1.29, 1.82) is 0 Å². The van der Waals surface area contributed by atoms with Crippen LogP contribution in [0, 0.1) is 0 Å². The first kappa shape index (κ1) is 19.0. The predicted molar refractivity (Wildman–Crippen MR) is 113 cm³/mol. The van der Waals surface area contributed by atoms with Gasteiger partial charge in [-0.3, -0.25) is 19.2 Å². The fourth-order valence-corrected chi connectivity index (χ4v) is 3.47. The van der Waals surface area contributed by atoms with Gasteiger partial charge in [0.1, 0.15) is 0 Å². The van der Waals surface area contributed by atoms with E-state index in [-0.39, 0.29) is 34.4 Å². The van der Waals surface area contributed by atoms with Crippen molar-refractivity contribution in [1.82, 2.24) is 0 Å². The minimum absolute atomic E-state index is 0.0924. The lowest BCUT2D eigenvalue weighted by Gasteiger charge is -2.19. The molecule has 0 aliphatic heterocycles. The minimum atomic E-state index is -0.245. The Bertz CT molecular complexity index is 1250. The number of nitrogens with two attached hydrogens (primary N) is 2. The molecular formula is C24H16N2O4. The maximum atomic E-state index is 12.3. The van der Waals surface area contributed by atoms with Crippen LogP contribution in [0.5, 0.6) is 0 Å². The Labute approximate surface area is 171 Å². The van der Waals surface area contributed by atoms with E-state index in [1.807, 2.05) is 0 Å². The highest BCUT2D eigenvalue weighted by Gasteiger charge is 2.31. The molecule has 0 atom stereocenters. The van der Waals surface area contributed by atoms with Gasteiger partial charge in [-0.1, -0.05) is 48.5 Å². The van der Waals surface area contributed by atoms with E-state index in [0.717, 1.165) is 0 Å². The van der Waals surface area contributed by atoms with E-state index in [0.29, 0.717) is 33.5 Å². The Morgan fingerprint density at radius 1 is 0.500 bits per heavy atom. The molecule has 0 saturated heterocycles. The first-order valence-corrected chi connectivity index (χ1v) is 9.12. The van der Waals surface area contributed by atoms with Crippen molar-refractivity contribution >= 4 is 34.5 Å². The van der Waals surface area contributed by atoms with Crippen molar-refractivity contribution in [3.63, 3.8) is 0 Å². The summed E-state index contributed by atoms with van der Waals surface area (Å²) in [5, 5.41) is 0. The summed E-state index contributed by atoms with van der Waals surface area (Å²) < 4.78 is 0. The van der Waals surface area contributed by atoms with Gasteiger partial charge >= 0.3 is 0 Å². The molecule has 0 heterocycles. The van der Waals surface area contributed by atoms with Crippen LogP contribution in [-0.4, -0.2) is 23.1 Å². The average Bonchev–Trinajstić information content (AvgIpc) is 2.77. The predicted octanol–water partition coefficient (Wildman–Crippen LogP) is 3.25. The number of nitrogen functional groups attached to an aromatic ring is 2. The number of hydrogen-bond donors (Lipinski definition) is 2. The van der Waals surface area contributed by atoms with Crippen molar-refractivity contribution in [2.45, 2.75) is 0 Å². The summed E-state index contributed by atoms with van der Waals surface area (Å²) >= 11 is 0. The summed E-state index contributed by atoms with van der Waals surface area (Å²) in [6.45, 7) is 0. The molecule has 2 aliphatic carbocycles. The van der Waals surface area contributed by atoms with Crippen LogP contribution in [0.15, 0.2) is 72.8 Å². The highest BCUT2D eigenvalue weighted by Crippen LogP contribution is 2.33. The molecule has 4 N–H and O–H groups in total. The normalized spacial score (nSPS) is 13.7. The molecule has 3 aromatic rings. The molecule has 0 aromatic heterocycles. The lowest BCUT2D eigenvalue weighted by Crippen LogP contribution is -2.22. The van der Waals surface area contributed by atoms with E-state index in [1.165, 1.54) is 12.2 Å². The molecule has 3 aromatic carbocycles. The number of allylic oxidation sites excluding steroid dienone is 2. The number of ketones is 4. The summed E-state index contributed by atoms with van der Waals surface area (Å²) in [5.74, 6) is -0.618. The molecule has 0 amide bonds. The molecule has 0 bridgehead atoms. The Morgan fingerprint density at radius 2 is 0.967 bits per heavy atom. The van der Waals surface area contributed by atoms with Crippen molar-refractivity contribution in [3.8, 4) is 0 Å². The topological polar surface area (TPSA) is 120 Å². The zero-order valence-electron chi connectivity index (χ0n) is 15.7. The maximum absolute atomic E-state index is 12.3. The first-order chi connectivity index (χ1) is 14.4. The molecule has 0 spiro atoms. The van der Waals surface area contributed by atoms with Crippen molar-refractivity contribution in [2.24, 2.45) is 0 Å². The smallest absolute Gasteiger partial charge is 0.196 e. The molecule has 0 radical (unpaired) electrons. The molecule has 0 fully saturated rings. The maximum Gasteiger partial charge on any atom is 0.196 e.